The van der Waals surface area contributed by atoms with Crippen LogP contribution in [0.15, 0.2) is 30.6 Å². The fourth-order valence-corrected chi connectivity index (χ4v) is 2.07. The van der Waals surface area contributed by atoms with Crippen LogP contribution in [0.2, 0.25) is 10.3 Å². The summed E-state index contributed by atoms with van der Waals surface area (Å²) in [6.45, 7) is 1.76. The van der Waals surface area contributed by atoms with Gasteiger partial charge in [0.1, 0.15) is 12.0 Å². The molecule has 0 radical (unpaired) electrons. The van der Waals surface area contributed by atoms with E-state index in [0.717, 1.165) is 5.56 Å². The van der Waals surface area contributed by atoms with Crippen LogP contribution in [0, 0.1) is 0 Å². The van der Waals surface area contributed by atoms with E-state index < -0.39 is 5.92 Å². The van der Waals surface area contributed by atoms with Crippen molar-refractivity contribution < 1.29 is 4.79 Å². The van der Waals surface area contributed by atoms with E-state index in [0.29, 0.717) is 5.69 Å². The van der Waals surface area contributed by atoms with Crippen molar-refractivity contribution in [2.75, 3.05) is 11.1 Å². The number of amides is 1. The zero-order valence-electron chi connectivity index (χ0n) is 10.6. The van der Waals surface area contributed by atoms with Crippen molar-refractivity contribution in [1.29, 1.82) is 0 Å². The number of nitrogens with two attached hydrogens (primary N) is 1. The Morgan fingerprint density at radius 3 is 2.55 bits per heavy atom. The second-order valence-corrected chi connectivity index (χ2v) is 4.93. The highest BCUT2D eigenvalue weighted by Gasteiger charge is 2.18. The molecule has 7 heteroatoms. The van der Waals surface area contributed by atoms with Crippen LogP contribution in [-0.4, -0.2) is 15.9 Å². The Bertz CT molecular complexity index is 628. The third-order valence-corrected chi connectivity index (χ3v) is 3.38. The quantitative estimate of drug-likeness (QED) is 0.674. The minimum absolute atomic E-state index is 0.0955. The molecule has 0 saturated heterocycles. The molecule has 0 saturated carbocycles. The van der Waals surface area contributed by atoms with E-state index in [4.69, 9.17) is 28.9 Å². The third-order valence-electron chi connectivity index (χ3n) is 2.81. The number of carbonyl (C=O) groups is 1. The van der Waals surface area contributed by atoms with Crippen LogP contribution in [0.1, 0.15) is 18.4 Å². The number of rotatable bonds is 3. The van der Waals surface area contributed by atoms with Gasteiger partial charge in [-0.2, -0.15) is 0 Å². The molecule has 0 spiro atoms. The summed E-state index contributed by atoms with van der Waals surface area (Å²) in [5.74, 6) is -0.681. The molecule has 0 aliphatic rings. The second-order valence-electron chi connectivity index (χ2n) is 4.21. The SMILES string of the molecule is CC(C(=O)Nc1c(Cl)ncnc1Cl)c1cccc(N)c1. The molecule has 1 aromatic carbocycles. The van der Waals surface area contributed by atoms with Gasteiger partial charge in [0.15, 0.2) is 10.3 Å². The van der Waals surface area contributed by atoms with E-state index in [1.165, 1.54) is 6.33 Å². The van der Waals surface area contributed by atoms with Gasteiger partial charge in [0, 0.05) is 5.69 Å². The van der Waals surface area contributed by atoms with Crippen molar-refractivity contribution in [1.82, 2.24) is 9.97 Å². The molecule has 1 aromatic heterocycles. The Balaban J connectivity index is 2.20. The molecular weight excluding hydrogens is 299 g/mol. The zero-order chi connectivity index (χ0) is 14.7. The molecule has 0 aliphatic heterocycles. The van der Waals surface area contributed by atoms with Crippen molar-refractivity contribution in [3.8, 4) is 0 Å². The fraction of sp³-hybridized carbons (Fsp3) is 0.154. The molecule has 3 N–H and O–H groups in total. The molecular formula is C13H12Cl2N4O. The molecule has 1 heterocycles. The Labute approximate surface area is 126 Å². The van der Waals surface area contributed by atoms with Gasteiger partial charge in [0.25, 0.3) is 0 Å². The van der Waals surface area contributed by atoms with Gasteiger partial charge in [0.2, 0.25) is 5.91 Å². The van der Waals surface area contributed by atoms with Gasteiger partial charge in [-0.3, -0.25) is 4.79 Å². The van der Waals surface area contributed by atoms with E-state index in [9.17, 15) is 4.79 Å². The predicted molar refractivity (Wildman–Crippen MR) is 80.0 cm³/mol. The minimum atomic E-state index is -0.411. The average Bonchev–Trinajstić information content (AvgIpc) is 2.42. The summed E-state index contributed by atoms with van der Waals surface area (Å²) in [5.41, 5.74) is 7.30. The summed E-state index contributed by atoms with van der Waals surface area (Å²) in [4.78, 5) is 19.8. The fourth-order valence-electron chi connectivity index (χ4n) is 1.66. The van der Waals surface area contributed by atoms with Gasteiger partial charge < -0.3 is 11.1 Å². The largest absolute Gasteiger partial charge is 0.399 e. The summed E-state index contributed by atoms with van der Waals surface area (Å²) in [5, 5.41) is 2.82. The van der Waals surface area contributed by atoms with E-state index in [1.807, 2.05) is 6.07 Å². The van der Waals surface area contributed by atoms with Crippen LogP contribution < -0.4 is 11.1 Å². The maximum absolute atomic E-state index is 12.2. The number of nitrogens with zero attached hydrogens (tertiary/aromatic N) is 2. The van der Waals surface area contributed by atoms with Crippen molar-refractivity contribution in [3.05, 3.63) is 46.5 Å². The van der Waals surface area contributed by atoms with Gasteiger partial charge in [-0.1, -0.05) is 35.3 Å². The van der Waals surface area contributed by atoms with Crippen LogP contribution in [0.4, 0.5) is 11.4 Å². The molecule has 1 amide bonds. The van der Waals surface area contributed by atoms with Crippen LogP contribution in [-0.2, 0) is 4.79 Å². The first-order chi connectivity index (χ1) is 9.49. The number of carbonyl (C=O) groups excluding carboxylic acids is 1. The average molecular weight is 311 g/mol. The van der Waals surface area contributed by atoms with Gasteiger partial charge in [-0.15, -0.1) is 0 Å². The number of nitrogen functional groups attached to an aromatic ring is 1. The topological polar surface area (TPSA) is 80.9 Å². The smallest absolute Gasteiger partial charge is 0.231 e. The van der Waals surface area contributed by atoms with Gasteiger partial charge in [0.05, 0.1) is 5.92 Å². The van der Waals surface area contributed by atoms with Crippen LogP contribution >= 0.6 is 23.2 Å². The Hall–Kier alpha value is -1.85. The van der Waals surface area contributed by atoms with Crippen molar-refractivity contribution in [2.24, 2.45) is 0 Å². The van der Waals surface area contributed by atoms with Gasteiger partial charge in [-0.25, -0.2) is 9.97 Å². The number of benzene rings is 1. The van der Waals surface area contributed by atoms with E-state index >= 15 is 0 Å². The van der Waals surface area contributed by atoms with Crippen molar-refractivity contribution in [2.45, 2.75) is 12.8 Å². The van der Waals surface area contributed by atoms with Crippen LogP contribution in [0.5, 0.6) is 0 Å². The Kier molecular flexibility index (Phi) is 4.42. The lowest BCUT2D eigenvalue weighted by Gasteiger charge is -2.14. The molecule has 1 unspecified atom stereocenters. The molecule has 0 aliphatic carbocycles. The van der Waals surface area contributed by atoms with E-state index in [1.54, 1.807) is 25.1 Å². The van der Waals surface area contributed by atoms with Gasteiger partial charge in [-0.05, 0) is 24.6 Å². The second kappa shape index (κ2) is 6.07. The molecule has 5 nitrogen and oxygen atoms in total. The highest BCUT2D eigenvalue weighted by atomic mass is 35.5. The standard InChI is InChI=1S/C13H12Cl2N4O/c1-7(8-3-2-4-9(16)5-8)13(20)19-10-11(14)17-6-18-12(10)15/h2-7H,16H2,1H3,(H,19,20). The summed E-state index contributed by atoms with van der Waals surface area (Å²) in [7, 11) is 0. The molecule has 1 atom stereocenters. The lowest BCUT2D eigenvalue weighted by Crippen LogP contribution is -2.19. The molecule has 104 valence electrons. The lowest BCUT2D eigenvalue weighted by atomic mass is 10.00. The van der Waals surface area contributed by atoms with Crippen molar-refractivity contribution in [3.63, 3.8) is 0 Å². The summed E-state index contributed by atoms with van der Waals surface area (Å²) < 4.78 is 0. The third kappa shape index (κ3) is 3.18. The first kappa shape index (κ1) is 14.6. The highest BCUT2D eigenvalue weighted by molar-refractivity contribution is 6.38. The molecule has 2 rings (SSSR count). The molecule has 0 fully saturated rings. The summed E-state index contributed by atoms with van der Waals surface area (Å²) in [6.07, 6.45) is 1.22. The number of hydrogen-bond donors (Lipinski definition) is 2. The van der Waals surface area contributed by atoms with E-state index in [2.05, 4.69) is 15.3 Å². The van der Waals surface area contributed by atoms with Crippen LogP contribution in [0.25, 0.3) is 0 Å². The number of anilines is 2. The first-order valence-corrected chi connectivity index (χ1v) is 6.57. The number of halogens is 2. The molecule has 0 bridgehead atoms. The maximum Gasteiger partial charge on any atom is 0.231 e. The number of hydrogen-bond acceptors (Lipinski definition) is 4. The van der Waals surface area contributed by atoms with Gasteiger partial charge >= 0.3 is 0 Å². The maximum atomic E-state index is 12.2. The Morgan fingerprint density at radius 2 is 1.95 bits per heavy atom. The highest BCUT2D eigenvalue weighted by Crippen LogP contribution is 2.27. The van der Waals surface area contributed by atoms with E-state index in [-0.39, 0.29) is 21.9 Å². The minimum Gasteiger partial charge on any atom is -0.399 e. The summed E-state index contributed by atoms with van der Waals surface area (Å²) >= 11 is 11.8. The van der Waals surface area contributed by atoms with Crippen LogP contribution in [0.3, 0.4) is 0 Å². The molecule has 2 aromatic rings. The number of nitrogens with one attached hydrogen (secondary N) is 1. The van der Waals surface area contributed by atoms with Crippen molar-refractivity contribution >= 4 is 40.5 Å². The predicted octanol–water partition coefficient (Wildman–Crippen LogP) is 3.11. The molecule has 20 heavy (non-hydrogen) atoms. The lowest BCUT2D eigenvalue weighted by molar-refractivity contribution is -0.117. The first-order valence-electron chi connectivity index (χ1n) is 5.81. The normalized spacial score (nSPS) is 11.9. The summed E-state index contributed by atoms with van der Waals surface area (Å²) in [6, 6.07) is 7.12. The zero-order valence-corrected chi connectivity index (χ0v) is 12.1. The monoisotopic (exact) mass is 310 g/mol. The number of aromatic nitrogens is 2. The Morgan fingerprint density at radius 1 is 1.30 bits per heavy atom.